The minimum absolute atomic E-state index is 0.213. The van der Waals surface area contributed by atoms with Crippen LogP contribution in [-0.4, -0.2) is 21.8 Å². The summed E-state index contributed by atoms with van der Waals surface area (Å²) in [4.78, 5) is 5.01. The van der Waals surface area contributed by atoms with Crippen LogP contribution in [0.15, 0.2) is 20.4 Å². The van der Waals surface area contributed by atoms with Crippen molar-refractivity contribution < 1.29 is 9.63 Å². The number of aliphatic hydroxyl groups excluding tert-OH is 1. The Balaban J connectivity index is 2.19. The van der Waals surface area contributed by atoms with Crippen LogP contribution in [0.25, 0.3) is 10.7 Å². The molecule has 0 saturated heterocycles. The Hall–Kier alpha value is -0.760. The van der Waals surface area contributed by atoms with Crippen LogP contribution >= 0.6 is 27.3 Å². The maximum atomic E-state index is 9.60. The summed E-state index contributed by atoms with van der Waals surface area (Å²) < 4.78 is 5.96. The molecule has 0 aliphatic rings. The molecule has 0 radical (unpaired) electrons. The summed E-state index contributed by atoms with van der Waals surface area (Å²) in [6.45, 7) is 0.378. The van der Waals surface area contributed by atoms with Crippen molar-refractivity contribution in [1.82, 2.24) is 10.1 Å². The molecule has 2 aromatic heterocycles. The van der Waals surface area contributed by atoms with E-state index in [0.717, 1.165) is 8.66 Å². The van der Waals surface area contributed by atoms with Crippen LogP contribution in [-0.2, 0) is 0 Å². The zero-order valence-electron chi connectivity index (χ0n) is 8.26. The SMILES string of the molecule is NCCC(O)c1nc(-c2ccc(Br)s2)no1. The summed E-state index contributed by atoms with van der Waals surface area (Å²) in [7, 11) is 0. The zero-order chi connectivity index (χ0) is 11.5. The van der Waals surface area contributed by atoms with Crippen molar-refractivity contribution in [2.24, 2.45) is 5.73 Å². The molecule has 2 rings (SSSR count). The monoisotopic (exact) mass is 303 g/mol. The van der Waals surface area contributed by atoms with E-state index in [0.29, 0.717) is 18.8 Å². The van der Waals surface area contributed by atoms with Crippen LogP contribution in [0.1, 0.15) is 18.4 Å². The third kappa shape index (κ3) is 2.49. The van der Waals surface area contributed by atoms with Crippen molar-refractivity contribution in [3.63, 3.8) is 0 Å². The number of aliphatic hydroxyl groups is 1. The average molecular weight is 304 g/mol. The topological polar surface area (TPSA) is 85.2 Å². The minimum Gasteiger partial charge on any atom is -0.383 e. The highest BCUT2D eigenvalue weighted by atomic mass is 79.9. The highest BCUT2D eigenvalue weighted by molar-refractivity contribution is 9.11. The van der Waals surface area contributed by atoms with Gasteiger partial charge in [-0.2, -0.15) is 4.98 Å². The second-order valence-corrected chi connectivity index (χ2v) is 5.62. The number of aromatic nitrogens is 2. The average Bonchev–Trinajstić information content (AvgIpc) is 2.85. The molecule has 5 nitrogen and oxygen atoms in total. The lowest BCUT2D eigenvalue weighted by Crippen LogP contribution is -2.06. The fourth-order valence-electron chi connectivity index (χ4n) is 1.19. The van der Waals surface area contributed by atoms with Gasteiger partial charge in [-0.15, -0.1) is 11.3 Å². The molecule has 1 unspecified atom stereocenters. The molecule has 1 atom stereocenters. The Morgan fingerprint density at radius 1 is 1.56 bits per heavy atom. The molecule has 86 valence electrons. The van der Waals surface area contributed by atoms with E-state index in [-0.39, 0.29) is 5.89 Å². The van der Waals surface area contributed by atoms with Crippen LogP contribution in [0.5, 0.6) is 0 Å². The lowest BCUT2D eigenvalue weighted by atomic mass is 10.2. The third-order valence-electron chi connectivity index (χ3n) is 1.96. The van der Waals surface area contributed by atoms with Gasteiger partial charge in [-0.05, 0) is 41.0 Å². The van der Waals surface area contributed by atoms with E-state index in [1.165, 1.54) is 11.3 Å². The van der Waals surface area contributed by atoms with Gasteiger partial charge in [0.25, 0.3) is 5.89 Å². The Labute approximate surface area is 104 Å². The zero-order valence-corrected chi connectivity index (χ0v) is 10.7. The molecule has 0 aliphatic heterocycles. The normalized spacial score (nSPS) is 12.9. The van der Waals surface area contributed by atoms with Crippen molar-refractivity contribution in [1.29, 1.82) is 0 Å². The van der Waals surface area contributed by atoms with Crippen molar-refractivity contribution in [2.45, 2.75) is 12.5 Å². The number of rotatable bonds is 4. The standard InChI is InChI=1S/C9H10BrN3O2S/c10-7-2-1-6(16-7)8-12-9(15-13-8)5(14)3-4-11/h1-2,5,14H,3-4,11H2. The summed E-state index contributed by atoms with van der Waals surface area (Å²) in [6.07, 6.45) is -0.370. The van der Waals surface area contributed by atoms with E-state index in [9.17, 15) is 5.11 Å². The number of halogens is 1. The van der Waals surface area contributed by atoms with Crippen LogP contribution in [0.2, 0.25) is 0 Å². The van der Waals surface area contributed by atoms with Crippen molar-refractivity contribution >= 4 is 27.3 Å². The van der Waals surface area contributed by atoms with Crippen LogP contribution < -0.4 is 5.73 Å². The number of nitrogens with two attached hydrogens (primary N) is 1. The van der Waals surface area contributed by atoms with Gasteiger partial charge in [0, 0.05) is 0 Å². The van der Waals surface area contributed by atoms with E-state index in [2.05, 4.69) is 26.1 Å². The first kappa shape index (κ1) is 11.7. The quantitative estimate of drug-likeness (QED) is 0.901. The fourth-order valence-corrected chi connectivity index (χ4v) is 2.50. The van der Waals surface area contributed by atoms with Crippen molar-refractivity contribution in [2.75, 3.05) is 6.54 Å². The van der Waals surface area contributed by atoms with Crippen molar-refractivity contribution in [3.8, 4) is 10.7 Å². The number of hydrogen-bond donors (Lipinski definition) is 2. The second-order valence-electron chi connectivity index (χ2n) is 3.15. The van der Waals surface area contributed by atoms with Crippen LogP contribution in [0, 0.1) is 0 Å². The van der Waals surface area contributed by atoms with E-state index < -0.39 is 6.10 Å². The van der Waals surface area contributed by atoms with E-state index >= 15 is 0 Å². The molecule has 0 aromatic carbocycles. The Bertz CT molecular complexity index is 471. The smallest absolute Gasteiger partial charge is 0.255 e. The molecule has 16 heavy (non-hydrogen) atoms. The number of thiophene rings is 1. The Kier molecular flexibility index (Phi) is 3.70. The van der Waals surface area contributed by atoms with Gasteiger partial charge in [-0.25, -0.2) is 0 Å². The highest BCUT2D eigenvalue weighted by Gasteiger charge is 2.16. The molecule has 0 fully saturated rings. The Morgan fingerprint density at radius 3 is 3.00 bits per heavy atom. The fraction of sp³-hybridized carbons (Fsp3) is 0.333. The molecule has 7 heteroatoms. The van der Waals surface area contributed by atoms with Gasteiger partial charge in [-0.1, -0.05) is 5.16 Å². The van der Waals surface area contributed by atoms with Gasteiger partial charge < -0.3 is 15.4 Å². The molecule has 0 spiro atoms. The lowest BCUT2D eigenvalue weighted by Gasteiger charge is -2.00. The Morgan fingerprint density at radius 2 is 2.38 bits per heavy atom. The van der Waals surface area contributed by atoms with Gasteiger partial charge in [0.05, 0.1) is 8.66 Å². The van der Waals surface area contributed by atoms with Crippen molar-refractivity contribution in [3.05, 3.63) is 21.8 Å². The molecule has 3 N–H and O–H groups in total. The first-order chi connectivity index (χ1) is 7.70. The predicted molar refractivity (Wildman–Crippen MR) is 63.9 cm³/mol. The lowest BCUT2D eigenvalue weighted by molar-refractivity contribution is 0.127. The summed E-state index contributed by atoms with van der Waals surface area (Å²) in [5.41, 5.74) is 5.33. The van der Waals surface area contributed by atoms with Crippen LogP contribution in [0.4, 0.5) is 0 Å². The molecule has 0 amide bonds. The molecule has 0 bridgehead atoms. The summed E-state index contributed by atoms with van der Waals surface area (Å²) in [5.74, 6) is 0.701. The maximum Gasteiger partial charge on any atom is 0.255 e. The van der Waals surface area contributed by atoms with Gasteiger partial charge in [0.1, 0.15) is 6.10 Å². The van der Waals surface area contributed by atoms with Crippen LogP contribution in [0.3, 0.4) is 0 Å². The first-order valence-corrected chi connectivity index (χ1v) is 6.29. The molecule has 0 saturated carbocycles. The third-order valence-corrected chi connectivity index (χ3v) is 3.58. The molecule has 2 heterocycles. The summed E-state index contributed by atoms with van der Waals surface area (Å²) in [5, 5.41) is 13.4. The van der Waals surface area contributed by atoms with E-state index in [1.807, 2.05) is 12.1 Å². The number of nitrogens with zero attached hydrogens (tertiary/aromatic N) is 2. The second kappa shape index (κ2) is 5.05. The first-order valence-electron chi connectivity index (χ1n) is 4.68. The maximum absolute atomic E-state index is 9.60. The largest absolute Gasteiger partial charge is 0.383 e. The van der Waals surface area contributed by atoms with Gasteiger partial charge >= 0.3 is 0 Å². The molecule has 2 aromatic rings. The summed E-state index contributed by atoms with van der Waals surface area (Å²) >= 11 is 4.86. The van der Waals surface area contributed by atoms with E-state index in [4.69, 9.17) is 10.3 Å². The van der Waals surface area contributed by atoms with Gasteiger partial charge in [0.15, 0.2) is 0 Å². The summed E-state index contributed by atoms with van der Waals surface area (Å²) in [6, 6.07) is 3.80. The molecular formula is C9H10BrN3O2S. The van der Waals surface area contributed by atoms with Gasteiger partial charge in [0.2, 0.25) is 5.82 Å². The van der Waals surface area contributed by atoms with E-state index in [1.54, 1.807) is 0 Å². The minimum atomic E-state index is -0.783. The van der Waals surface area contributed by atoms with Gasteiger partial charge in [-0.3, -0.25) is 0 Å². The molecular weight excluding hydrogens is 294 g/mol. The highest BCUT2D eigenvalue weighted by Crippen LogP contribution is 2.30. The molecule has 0 aliphatic carbocycles. The number of hydrogen-bond acceptors (Lipinski definition) is 6. The predicted octanol–water partition coefficient (Wildman–Crippen LogP) is 1.94.